The van der Waals surface area contributed by atoms with Crippen molar-refractivity contribution in [1.82, 2.24) is 5.32 Å². The molecule has 0 aliphatic carbocycles. The molecule has 0 aliphatic heterocycles. The highest BCUT2D eigenvalue weighted by Crippen LogP contribution is 2.31. The summed E-state index contributed by atoms with van der Waals surface area (Å²) in [7, 11) is 0. The molecule has 0 saturated carbocycles. The normalized spacial score (nSPS) is 14.1. The minimum Gasteiger partial charge on any atom is -0.464 e. The SMILES string of the molecule is CCOC(=O)C(NC=O)C(O)c1cccc(C(F)(F)F)c1. The second kappa shape index (κ2) is 7.07. The number of halogens is 3. The van der Waals surface area contributed by atoms with Gasteiger partial charge in [0.2, 0.25) is 6.41 Å². The lowest BCUT2D eigenvalue weighted by Gasteiger charge is -2.21. The number of alkyl halides is 3. The predicted octanol–water partition coefficient (Wildman–Crippen LogP) is 1.42. The van der Waals surface area contributed by atoms with Crippen molar-refractivity contribution >= 4 is 12.4 Å². The summed E-state index contributed by atoms with van der Waals surface area (Å²) < 4.78 is 42.5. The van der Waals surface area contributed by atoms with Crippen LogP contribution in [0.2, 0.25) is 0 Å². The lowest BCUT2D eigenvalue weighted by atomic mass is 10.00. The number of ether oxygens (including phenoxy) is 1. The Labute approximate surface area is 118 Å². The summed E-state index contributed by atoms with van der Waals surface area (Å²) in [6, 6.07) is 2.39. The van der Waals surface area contributed by atoms with E-state index in [-0.39, 0.29) is 18.6 Å². The van der Waals surface area contributed by atoms with Gasteiger partial charge in [0.05, 0.1) is 12.2 Å². The third-order valence-electron chi connectivity index (χ3n) is 2.66. The Balaban J connectivity index is 3.06. The van der Waals surface area contributed by atoms with E-state index < -0.39 is 29.9 Å². The van der Waals surface area contributed by atoms with E-state index >= 15 is 0 Å². The van der Waals surface area contributed by atoms with Crippen molar-refractivity contribution in [2.75, 3.05) is 6.61 Å². The average Bonchev–Trinajstić information content (AvgIpc) is 2.43. The monoisotopic (exact) mass is 305 g/mol. The van der Waals surface area contributed by atoms with Crippen molar-refractivity contribution in [1.29, 1.82) is 0 Å². The third-order valence-corrected chi connectivity index (χ3v) is 2.66. The first-order valence-electron chi connectivity index (χ1n) is 6.02. The number of hydrogen-bond donors (Lipinski definition) is 2. The highest BCUT2D eigenvalue weighted by Gasteiger charge is 2.33. The molecule has 0 heterocycles. The molecule has 116 valence electrons. The van der Waals surface area contributed by atoms with Crippen LogP contribution in [0.15, 0.2) is 24.3 Å². The number of carbonyl (C=O) groups is 2. The molecule has 0 fully saturated rings. The maximum Gasteiger partial charge on any atom is 0.416 e. The quantitative estimate of drug-likeness (QED) is 0.615. The number of aliphatic hydroxyl groups is 1. The summed E-state index contributed by atoms with van der Waals surface area (Å²) in [5, 5.41) is 12.0. The zero-order chi connectivity index (χ0) is 16.0. The van der Waals surface area contributed by atoms with Crippen LogP contribution in [0.1, 0.15) is 24.2 Å². The van der Waals surface area contributed by atoms with Crippen LogP contribution in [0.5, 0.6) is 0 Å². The van der Waals surface area contributed by atoms with E-state index in [0.29, 0.717) is 6.07 Å². The molecule has 5 nitrogen and oxygen atoms in total. The van der Waals surface area contributed by atoms with Gasteiger partial charge in [-0.25, -0.2) is 4.79 Å². The number of hydrogen-bond acceptors (Lipinski definition) is 4. The first kappa shape index (κ1) is 17.0. The maximum absolute atomic E-state index is 12.6. The minimum absolute atomic E-state index is 0.00514. The van der Waals surface area contributed by atoms with E-state index in [1.165, 1.54) is 13.0 Å². The van der Waals surface area contributed by atoms with E-state index in [1.54, 1.807) is 0 Å². The van der Waals surface area contributed by atoms with Gasteiger partial charge in [-0.05, 0) is 24.6 Å². The fourth-order valence-corrected chi connectivity index (χ4v) is 1.68. The average molecular weight is 305 g/mol. The Bertz CT molecular complexity index is 504. The molecule has 1 amide bonds. The van der Waals surface area contributed by atoms with Gasteiger partial charge < -0.3 is 15.2 Å². The molecule has 0 bridgehead atoms. The first-order chi connectivity index (χ1) is 9.81. The molecule has 2 unspecified atom stereocenters. The fraction of sp³-hybridized carbons (Fsp3) is 0.385. The summed E-state index contributed by atoms with van der Waals surface area (Å²) in [6.07, 6.45) is -6.07. The molecule has 0 aromatic heterocycles. The summed E-state index contributed by atoms with van der Waals surface area (Å²) >= 11 is 0. The zero-order valence-corrected chi connectivity index (χ0v) is 11.1. The Morgan fingerprint density at radius 2 is 2.14 bits per heavy atom. The van der Waals surface area contributed by atoms with E-state index in [2.05, 4.69) is 4.74 Å². The predicted molar refractivity (Wildman–Crippen MR) is 66.0 cm³/mol. The van der Waals surface area contributed by atoms with Gasteiger partial charge in [0, 0.05) is 0 Å². The van der Waals surface area contributed by atoms with E-state index in [9.17, 15) is 27.9 Å². The van der Waals surface area contributed by atoms with Crippen LogP contribution in [-0.4, -0.2) is 30.1 Å². The number of amides is 1. The van der Waals surface area contributed by atoms with Crippen molar-refractivity contribution in [3.8, 4) is 0 Å². The number of benzene rings is 1. The summed E-state index contributed by atoms with van der Waals surface area (Å²) in [5.41, 5.74) is -1.12. The molecule has 1 aromatic carbocycles. The van der Waals surface area contributed by atoms with Crippen LogP contribution >= 0.6 is 0 Å². The van der Waals surface area contributed by atoms with Crippen LogP contribution in [0.3, 0.4) is 0 Å². The van der Waals surface area contributed by atoms with Gasteiger partial charge in [0.15, 0.2) is 6.04 Å². The molecule has 8 heteroatoms. The Kier molecular flexibility index (Phi) is 5.71. The number of nitrogens with one attached hydrogen (secondary N) is 1. The summed E-state index contributed by atoms with van der Waals surface area (Å²) in [6.45, 7) is 1.53. The van der Waals surface area contributed by atoms with Crippen LogP contribution in [-0.2, 0) is 20.5 Å². The first-order valence-corrected chi connectivity index (χ1v) is 6.02. The molecule has 21 heavy (non-hydrogen) atoms. The highest BCUT2D eigenvalue weighted by atomic mass is 19.4. The maximum atomic E-state index is 12.6. The highest BCUT2D eigenvalue weighted by molar-refractivity contribution is 5.79. The van der Waals surface area contributed by atoms with Gasteiger partial charge in [0.1, 0.15) is 6.10 Å². The van der Waals surface area contributed by atoms with Crippen molar-refractivity contribution in [2.45, 2.75) is 25.2 Å². The van der Waals surface area contributed by atoms with E-state index in [0.717, 1.165) is 12.1 Å². The topological polar surface area (TPSA) is 75.6 Å². The summed E-state index contributed by atoms with van der Waals surface area (Å²) in [4.78, 5) is 22.1. The van der Waals surface area contributed by atoms with Gasteiger partial charge in [0.25, 0.3) is 0 Å². The molecule has 2 N–H and O–H groups in total. The van der Waals surface area contributed by atoms with Gasteiger partial charge in [-0.2, -0.15) is 13.2 Å². The van der Waals surface area contributed by atoms with Crippen LogP contribution in [0.25, 0.3) is 0 Å². The van der Waals surface area contributed by atoms with Crippen molar-refractivity contribution in [3.63, 3.8) is 0 Å². The number of carbonyl (C=O) groups excluding carboxylic acids is 2. The molecule has 0 aliphatic rings. The molecular weight excluding hydrogens is 291 g/mol. The smallest absolute Gasteiger partial charge is 0.416 e. The number of aliphatic hydroxyl groups excluding tert-OH is 1. The van der Waals surface area contributed by atoms with Crippen molar-refractivity contribution in [3.05, 3.63) is 35.4 Å². The van der Waals surface area contributed by atoms with Crippen molar-refractivity contribution < 1.29 is 32.6 Å². The molecule has 0 radical (unpaired) electrons. The molecule has 2 atom stereocenters. The third kappa shape index (κ3) is 4.45. The van der Waals surface area contributed by atoms with Gasteiger partial charge >= 0.3 is 12.1 Å². The van der Waals surface area contributed by atoms with Crippen LogP contribution in [0, 0.1) is 0 Å². The molecule has 0 spiro atoms. The largest absolute Gasteiger partial charge is 0.464 e. The Hall–Kier alpha value is -2.09. The molecule has 0 saturated heterocycles. The fourth-order valence-electron chi connectivity index (χ4n) is 1.68. The lowest BCUT2D eigenvalue weighted by Crippen LogP contribution is -2.42. The zero-order valence-electron chi connectivity index (χ0n) is 11.1. The standard InChI is InChI=1S/C13H14F3NO4/c1-2-21-12(20)10(17-7-18)11(19)8-4-3-5-9(6-8)13(14,15)16/h3-7,10-11,19H,2H2,1H3,(H,17,18). The van der Waals surface area contributed by atoms with Crippen LogP contribution < -0.4 is 5.32 Å². The Morgan fingerprint density at radius 1 is 1.48 bits per heavy atom. The van der Waals surface area contributed by atoms with Crippen molar-refractivity contribution in [2.24, 2.45) is 0 Å². The number of esters is 1. The Morgan fingerprint density at radius 3 is 2.67 bits per heavy atom. The van der Waals surface area contributed by atoms with Gasteiger partial charge in [-0.1, -0.05) is 12.1 Å². The van der Waals surface area contributed by atoms with Gasteiger partial charge in [-0.15, -0.1) is 0 Å². The van der Waals surface area contributed by atoms with E-state index in [4.69, 9.17) is 0 Å². The lowest BCUT2D eigenvalue weighted by molar-refractivity contribution is -0.149. The second-order valence-corrected chi connectivity index (χ2v) is 4.08. The second-order valence-electron chi connectivity index (χ2n) is 4.08. The minimum atomic E-state index is -4.58. The van der Waals surface area contributed by atoms with Crippen LogP contribution in [0.4, 0.5) is 13.2 Å². The molecule has 1 aromatic rings. The van der Waals surface area contributed by atoms with Gasteiger partial charge in [-0.3, -0.25) is 4.79 Å². The summed E-state index contributed by atoms with van der Waals surface area (Å²) in [5.74, 6) is -0.936. The molecular formula is C13H14F3NO4. The molecule has 1 rings (SSSR count). The van der Waals surface area contributed by atoms with E-state index in [1.807, 2.05) is 5.32 Å². The number of rotatable bonds is 6.